The van der Waals surface area contributed by atoms with Gasteiger partial charge in [0.1, 0.15) is 5.82 Å². The van der Waals surface area contributed by atoms with E-state index in [1.165, 1.54) is 6.07 Å². The molecule has 2 rings (SSSR count). The molecule has 0 spiro atoms. The highest BCUT2D eigenvalue weighted by molar-refractivity contribution is 5.79. The van der Waals surface area contributed by atoms with Crippen molar-refractivity contribution in [2.75, 3.05) is 47.1 Å². The van der Waals surface area contributed by atoms with E-state index < -0.39 is 0 Å². The number of aliphatic imine (C=N–C) groups is 1. The number of methoxy groups -OCH3 is 1. The van der Waals surface area contributed by atoms with Crippen molar-refractivity contribution in [3.63, 3.8) is 0 Å². The number of nitrogens with one attached hydrogen (secondary N) is 2. The topological polar surface area (TPSA) is 54.9 Å². The zero-order chi connectivity index (χ0) is 18.0. The molecule has 0 saturated heterocycles. The molecule has 1 aromatic rings. The summed E-state index contributed by atoms with van der Waals surface area (Å²) in [7, 11) is 3.43. The van der Waals surface area contributed by atoms with Crippen LogP contribution in [0.5, 0.6) is 0 Å². The van der Waals surface area contributed by atoms with Gasteiger partial charge in [-0.3, -0.25) is 4.99 Å². The normalized spacial score (nSPS) is 15.9. The highest BCUT2D eigenvalue weighted by atomic mass is 19.1. The van der Waals surface area contributed by atoms with E-state index >= 15 is 0 Å². The molecule has 2 N–H and O–H groups in total. The third-order valence-electron chi connectivity index (χ3n) is 4.56. The first-order chi connectivity index (χ1) is 12.2. The third kappa shape index (κ3) is 6.29. The number of benzene rings is 1. The van der Waals surface area contributed by atoms with Gasteiger partial charge in [-0.2, -0.15) is 0 Å². The maximum absolute atomic E-state index is 14.0. The fraction of sp³-hybridized carbons (Fsp3) is 0.632. The molecule has 1 aliphatic rings. The molecule has 0 aromatic heterocycles. The number of ether oxygens (including phenoxy) is 2. The van der Waals surface area contributed by atoms with Gasteiger partial charge in [0, 0.05) is 39.3 Å². The van der Waals surface area contributed by atoms with Crippen molar-refractivity contribution in [2.24, 2.45) is 4.99 Å². The van der Waals surface area contributed by atoms with Crippen molar-refractivity contribution < 1.29 is 13.9 Å². The summed E-state index contributed by atoms with van der Waals surface area (Å²) in [6.45, 7) is 3.56. The molecule has 1 saturated carbocycles. The summed E-state index contributed by atoms with van der Waals surface area (Å²) in [5.41, 5.74) is 0.726. The Morgan fingerprint density at radius 3 is 2.64 bits per heavy atom. The van der Waals surface area contributed by atoms with Gasteiger partial charge >= 0.3 is 0 Å². The Labute approximate surface area is 150 Å². The molecule has 0 unspecified atom stereocenters. The van der Waals surface area contributed by atoms with Gasteiger partial charge in [0.15, 0.2) is 5.96 Å². The smallest absolute Gasteiger partial charge is 0.191 e. The van der Waals surface area contributed by atoms with Crippen LogP contribution in [-0.2, 0) is 14.9 Å². The Morgan fingerprint density at radius 2 is 1.96 bits per heavy atom. The molecule has 25 heavy (non-hydrogen) atoms. The van der Waals surface area contributed by atoms with E-state index in [2.05, 4.69) is 15.6 Å². The maximum Gasteiger partial charge on any atom is 0.191 e. The molecule has 0 atom stereocenters. The van der Waals surface area contributed by atoms with Crippen LogP contribution in [0.25, 0.3) is 0 Å². The summed E-state index contributed by atoms with van der Waals surface area (Å²) in [6, 6.07) is 7.07. The van der Waals surface area contributed by atoms with E-state index in [1.807, 2.05) is 12.1 Å². The van der Waals surface area contributed by atoms with E-state index in [4.69, 9.17) is 9.47 Å². The van der Waals surface area contributed by atoms with Crippen molar-refractivity contribution >= 4 is 5.96 Å². The van der Waals surface area contributed by atoms with E-state index in [0.717, 1.165) is 50.4 Å². The number of guanidine groups is 1. The molecule has 0 heterocycles. The van der Waals surface area contributed by atoms with Crippen molar-refractivity contribution in [1.82, 2.24) is 10.6 Å². The molecule has 1 fully saturated rings. The van der Waals surface area contributed by atoms with Crippen LogP contribution < -0.4 is 10.6 Å². The minimum absolute atomic E-state index is 0.0852. The zero-order valence-corrected chi connectivity index (χ0v) is 15.3. The summed E-state index contributed by atoms with van der Waals surface area (Å²) in [5.74, 6) is 0.654. The van der Waals surface area contributed by atoms with Crippen molar-refractivity contribution in [2.45, 2.75) is 31.1 Å². The summed E-state index contributed by atoms with van der Waals surface area (Å²) >= 11 is 0. The lowest BCUT2D eigenvalue weighted by molar-refractivity contribution is 0.0689. The molecule has 1 aliphatic carbocycles. The number of unbranched alkanes of at least 4 members (excludes halogenated alkanes) is 1. The Kier molecular flexibility index (Phi) is 8.15. The molecular weight excluding hydrogens is 321 g/mol. The van der Waals surface area contributed by atoms with Gasteiger partial charge in [0.2, 0.25) is 0 Å². The monoisotopic (exact) mass is 351 g/mol. The predicted octanol–water partition coefficient (Wildman–Crippen LogP) is 2.47. The van der Waals surface area contributed by atoms with Crippen LogP contribution in [-0.4, -0.2) is 53.0 Å². The minimum atomic E-state index is -0.113. The predicted molar refractivity (Wildman–Crippen MR) is 98.6 cm³/mol. The SMILES string of the molecule is CN=C(NCCCCOCCOC)NCC1(c2ccccc2F)CC1. The Hall–Kier alpha value is -1.66. The molecule has 140 valence electrons. The van der Waals surface area contributed by atoms with Crippen LogP contribution in [0.2, 0.25) is 0 Å². The van der Waals surface area contributed by atoms with Crippen molar-refractivity contribution in [3.05, 3.63) is 35.6 Å². The van der Waals surface area contributed by atoms with Gasteiger partial charge in [-0.1, -0.05) is 18.2 Å². The van der Waals surface area contributed by atoms with Gasteiger partial charge in [0.05, 0.1) is 13.2 Å². The standard InChI is InChI=1S/C19H30FN3O2/c1-21-18(22-11-5-6-12-25-14-13-24-2)23-15-19(9-10-19)16-7-3-4-8-17(16)20/h3-4,7-8H,5-6,9-15H2,1-2H3,(H2,21,22,23). The van der Waals surface area contributed by atoms with Gasteiger partial charge in [-0.15, -0.1) is 0 Å². The molecule has 0 amide bonds. The summed E-state index contributed by atoms with van der Waals surface area (Å²) in [5, 5.41) is 6.64. The summed E-state index contributed by atoms with van der Waals surface area (Å²) < 4.78 is 24.4. The van der Waals surface area contributed by atoms with Crippen LogP contribution in [0.15, 0.2) is 29.3 Å². The molecule has 0 aliphatic heterocycles. The second-order valence-electron chi connectivity index (χ2n) is 6.42. The van der Waals surface area contributed by atoms with Crippen LogP contribution in [0.4, 0.5) is 4.39 Å². The van der Waals surface area contributed by atoms with Crippen molar-refractivity contribution in [3.8, 4) is 0 Å². The largest absolute Gasteiger partial charge is 0.382 e. The molecule has 1 aromatic carbocycles. The van der Waals surface area contributed by atoms with E-state index in [1.54, 1.807) is 20.2 Å². The minimum Gasteiger partial charge on any atom is -0.382 e. The maximum atomic E-state index is 14.0. The summed E-state index contributed by atoms with van der Waals surface area (Å²) in [4.78, 5) is 4.25. The van der Waals surface area contributed by atoms with Gasteiger partial charge < -0.3 is 20.1 Å². The van der Waals surface area contributed by atoms with Crippen LogP contribution in [0.3, 0.4) is 0 Å². The first-order valence-corrected chi connectivity index (χ1v) is 8.98. The lowest BCUT2D eigenvalue weighted by atomic mass is 9.95. The lowest BCUT2D eigenvalue weighted by Crippen LogP contribution is -2.41. The molecule has 6 heteroatoms. The quantitative estimate of drug-likeness (QED) is 0.365. The van der Waals surface area contributed by atoms with Crippen molar-refractivity contribution in [1.29, 1.82) is 0 Å². The average molecular weight is 351 g/mol. The number of hydrogen-bond donors (Lipinski definition) is 2. The Morgan fingerprint density at radius 1 is 1.16 bits per heavy atom. The number of nitrogens with zero attached hydrogens (tertiary/aromatic N) is 1. The Balaban J connectivity index is 1.65. The second kappa shape index (κ2) is 10.4. The molecule has 5 nitrogen and oxygen atoms in total. The summed E-state index contributed by atoms with van der Waals surface area (Å²) in [6.07, 6.45) is 4.02. The molecular formula is C19H30FN3O2. The van der Waals surface area contributed by atoms with Gasteiger partial charge in [0.25, 0.3) is 0 Å². The first-order valence-electron chi connectivity index (χ1n) is 8.98. The Bertz CT molecular complexity index is 547. The molecule has 0 bridgehead atoms. The van der Waals surface area contributed by atoms with E-state index in [0.29, 0.717) is 19.8 Å². The average Bonchev–Trinajstić information content (AvgIpc) is 3.41. The zero-order valence-electron chi connectivity index (χ0n) is 15.3. The lowest BCUT2D eigenvalue weighted by Gasteiger charge is -2.19. The third-order valence-corrected chi connectivity index (χ3v) is 4.56. The highest BCUT2D eigenvalue weighted by Gasteiger charge is 2.45. The fourth-order valence-corrected chi connectivity index (χ4v) is 2.84. The van der Waals surface area contributed by atoms with Crippen LogP contribution >= 0.6 is 0 Å². The van der Waals surface area contributed by atoms with E-state index in [9.17, 15) is 4.39 Å². The van der Waals surface area contributed by atoms with Crippen LogP contribution in [0.1, 0.15) is 31.2 Å². The van der Waals surface area contributed by atoms with E-state index in [-0.39, 0.29) is 11.2 Å². The highest BCUT2D eigenvalue weighted by Crippen LogP contribution is 2.48. The first kappa shape index (κ1) is 19.7. The molecule has 0 radical (unpaired) electrons. The van der Waals surface area contributed by atoms with Gasteiger partial charge in [-0.05, 0) is 37.3 Å². The van der Waals surface area contributed by atoms with Gasteiger partial charge in [-0.25, -0.2) is 4.39 Å². The number of hydrogen-bond acceptors (Lipinski definition) is 3. The number of rotatable bonds is 11. The van der Waals surface area contributed by atoms with Crippen LogP contribution in [0, 0.1) is 5.82 Å². The number of halogens is 1. The fourth-order valence-electron chi connectivity index (χ4n) is 2.84. The second-order valence-corrected chi connectivity index (χ2v) is 6.42.